The monoisotopic (exact) mass is 436 g/mol. The molecule has 2 aromatic rings. The fourth-order valence-corrected chi connectivity index (χ4v) is 5.87. The average molecular weight is 437 g/mol. The summed E-state index contributed by atoms with van der Waals surface area (Å²) < 4.78 is 28.0. The Hall–Kier alpha value is -2.89. The van der Waals surface area contributed by atoms with Crippen molar-refractivity contribution in [3.8, 4) is 6.07 Å². The van der Waals surface area contributed by atoms with Gasteiger partial charge in [-0.05, 0) is 67.3 Å². The topological polar surface area (TPSA) is 84.7 Å². The van der Waals surface area contributed by atoms with Crippen LogP contribution in [0.4, 0.5) is 11.4 Å². The quantitative estimate of drug-likeness (QED) is 0.735. The third-order valence-electron chi connectivity index (χ3n) is 6.38. The van der Waals surface area contributed by atoms with E-state index in [-0.39, 0.29) is 11.8 Å². The summed E-state index contributed by atoms with van der Waals surface area (Å²) in [5.74, 6) is 0.329. The van der Waals surface area contributed by atoms with E-state index in [2.05, 4.69) is 11.0 Å². The molecule has 1 amide bonds. The second kappa shape index (κ2) is 7.66. The number of piperazine rings is 1. The number of hydrogen-bond donors (Lipinski definition) is 0. The zero-order valence-corrected chi connectivity index (χ0v) is 18.0. The molecule has 0 radical (unpaired) electrons. The highest BCUT2D eigenvalue weighted by Crippen LogP contribution is 2.37. The third-order valence-corrected chi connectivity index (χ3v) is 8.27. The lowest BCUT2D eigenvalue weighted by atomic mass is 10.2. The van der Waals surface area contributed by atoms with Crippen molar-refractivity contribution in [3.05, 3.63) is 53.6 Å². The van der Waals surface area contributed by atoms with Gasteiger partial charge in [0, 0.05) is 50.0 Å². The summed E-state index contributed by atoms with van der Waals surface area (Å²) in [5, 5.41) is 8.94. The second-order valence-corrected chi connectivity index (χ2v) is 10.3. The van der Waals surface area contributed by atoms with E-state index in [4.69, 9.17) is 5.26 Å². The maximum atomic E-state index is 13.2. The molecule has 1 aliphatic carbocycles. The number of benzene rings is 2. The zero-order chi connectivity index (χ0) is 21.6. The van der Waals surface area contributed by atoms with Gasteiger partial charge in [0.25, 0.3) is 0 Å². The molecule has 5 rings (SSSR count). The Labute approximate surface area is 182 Å². The predicted molar refractivity (Wildman–Crippen MR) is 117 cm³/mol. The van der Waals surface area contributed by atoms with E-state index in [1.54, 1.807) is 30.3 Å². The van der Waals surface area contributed by atoms with Crippen molar-refractivity contribution >= 4 is 27.3 Å². The number of amides is 1. The molecule has 2 fully saturated rings. The van der Waals surface area contributed by atoms with Crippen molar-refractivity contribution in [3.63, 3.8) is 0 Å². The van der Waals surface area contributed by atoms with Gasteiger partial charge in [-0.25, -0.2) is 8.42 Å². The standard InChI is InChI=1S/C23H24N4O3S/c24-16-17-1-5-20(6-2-17)25-11-13-26(14-12-25)31(29,30)21-7-8-22-19(15-21)9-10-27(22)23(28)18-3-4-18/h1-2,5-8,15,18H,3-4,9-14H2. The van der Waals surface area contributed by atoms with Crippen LogP contribution in [-0.4, -0.2) is 51.4 Å². The van der Waals surface area contributed by atoms with Crippen molar-refractivity contribution in [1.29, 1.82) is 5.26 Å². The summed E-state index contributed by atoms with van der Waals surface area (Å²) in [4.78, 5) is 16.7. The Balaban J connectivity index is 1.29. The normalized spacial score (nSPS) is 19.2. The summed E-state index contributed by atoms with van der Waals surface area (Å²) in [6.07, 6.45) is 2.63. The fourth-order valence-electron chi connectivity index (χ4n) is 4.40. The Kier molecular flexibility index (Phi) is 4.95. The predicted octanol–water partition coefficient (Wildman–Crippen LogP) is 2.37. The summed E-state index contributed by atoms with van der Waals surface area (Å²) in [6, 6.07) is 14.6. The maximum Gasteiger partial charge on any atom is 0.243 e. The van der Waals surface area contributed by atoms with Crippen LogP contribution < -0.4 is 9.80 Å². The van der Waals surface area contributed by atoms with Crippen LogP contribution in [0.15, 0.2) is 47.4 Å². The molecule has 1 saturated carbocycles. The number of fused-ring (bicyclic) bond motifs is 1. The highest BCUT2D eigenvalue weighted by Gasteiger charge is 2.37. The molecular weight excluding hydrogens is 412 g/mol. The number of carbonyl (C=O) groups excluding carboxylic acids is 1. The minimum absolute atomic E-state index is 0.154. The first-order valence-corrected chi connectivity index (χ1v) is 12.1. The van der Waals surface area contributed by atoms with E-state index >= 15 is 0 Å². The largest absolute Gasteiger partial charge is 0.369 e. The lowest BCUT2D eigenvalue weighted by Crippen LogP contribution is -2.48. The van der Waals surface area contributed by atoms with E-state index in [1.165, 1.54) is 4.31 Å². The van der Waals surface area contributed by atoms with Crippen LogP contribution in [0.25, 0.3) is 0 Å². The molecule has 7 nitrogen and oxygen atoms in total. The number of carbonyl (C=O) groups is 1. The van der Waals surface area contributed by atoms with Crippen LogP contribution in [0, 0.1) is 17.2 Å². The van der Waals surface area contributed by atoms with Crippen LogP contribution in [0.5, 0.6) is 0 Å². The van der Waals surface area contributed by atoms with E-state index < -0.39 is 10.0 Å². The molecule has 0 N–H and O–H groups in total. The molecule has 2 aliphatic heterocycles. The van der Waals surface area contributed by atoms with Gasteiger partial charge in [0.2, 0.25) is 15.9 Å². The fraction of sp³-hybridized carbons (Fsp3) is 0.391. The molecule has 3 aliphatic rings. The van der Waals surface area contributed by atoms with Gasteiger partial charge in [-0.1, -0.05) is 0 Å². The minimum Gasteiger partial charge on any atom is -0.369 e. The van der Waals surface area contributed by atoms with Gasteiger partial charge in [0.05, 0.1) is 16.5 Å². The Morgan fingerprint density at radius 3 is 2.32 bits per heavy atom. The molecule has 8 heteroatoms. The summed E-state index contributed by atoms with van der Waals surface area (Å²) in [6.45, 7) is 2.65. The van der Waals surface area contributed by atoms with Gasteiger partial charge in [-0.15, -0.1) is 0 Å². The Morgan fingerprint density at radius 1 is 0.968 bits per heavy atom. The number of nitriles is 1. The van der Waals surface area contributed by atoms with Gasteiger partial charge < -0.3 is 9.80 Å². The Bertz CT molecular complexity index is 1160. The third kappa shape index (κ3) is 3.68. The van der Waals surface area contributed by atoms with Crippen molar-refractivity contribution < 1.29 is 13.2 Å². The first-order valence-electron chi connectivity index (χ1n) is 10.7. The Morgan fingerprint density at radius 2 is 1.68 bits per heavy atom. The van der Waals surface area contributed by atoms with E-state index in [9.17, 15) is 13.2 Å². The molecule has 160 valence electrons. The molecule has 2 heterocycles. The maximum absolute atomic E-state index is 13.2. The number of hydrogen-bond acceptors (Lipinski definition) is 5. The second-order valence-electron chi connectivity index (χ2n) is 8.35. The lowest BCUT2D eigenvalue weighted by molar-refractivity contribution is -0.119. The molecule has 0 spiro atoms. The molecule has 0 bridgehead atoms. The minimum atomic E-state index is -3.58. The van der Waals surface area contributed by atoms with Gasteiger partial charge in [-0.2, -0.15) is 9.57 Å². The molecule has 2 aromatic carbocycles. The van der Waals surface area contributed by atoms with Crippen LogP contribution in [0.1, 0.15) is 24.0 Å². The smallest absolute Gasteiger partial charge is 0.243 e. The van der Waals surface area contributed by atoms with Gasteiger partial charge in [0.15, 0.2) is 0 Å². The SMILES string of the molecule is N#Cc1ccc(N2CCN(S(=O)(=O)c3ccc4c(c3)CCN4C(=O)C3CC3)CC2)cc1. The van der Waals surface area contributed by atoms with Crippen molar-refractivity contribution in [1.82, 2.24) is 4.31 Å². The average Bonchev–Trinajstić information content (AvgIpc) is 3.57. The van der Waals surface area contributed by atoms with E-state index in [0.717, 1.165) is 29.8 Å². The zero-order valence-electron chi connectivity index (χ0n) is 17.2. The number of rotatable bonds is 4. The van der Waals surface area contributed by atoms with E-state index in [0.29, 0.717) is 49.6 Å². The van der Waals surface area contributed by atoms with Crippen molar-refractivity contribution in [2.75, 3.05) is 42.5 Å². The first kappa shape index (κ1) is 20.0. The number of sulfonamides is 1. The van der Waals surface area contributed by atoms with Crippen LogP contribution in [-0.2, 0) is 21.2 Å². The van der Waals surface area contributed by atoms with Gasteiger partial charge >= 0.3 is 0 Å². The van der Waals surface area contributed by atoms with Gasteiger partial charge in [0.1, 0.15) is 0 Å². The van der Waals surface area contributed by atoms with Crippen LogP contribution in [0.2, 0.25) is 0 Å². The molecule has 0 unspecified atom stereocenters. The summed E-state index contributed by atoms with van der Waals surface area (Å²) >= 11 is 0. The van der Waals surface area contributed by atoms with Gasteiger partial charge in [-0.3, -0.25) is 4.79 Å². The lowest BCUT2D eigenvalue weighted by Gasteiger charge is -2.35. The summed E-state index contributed by atoms with van der Waals surface area (Å²) in [5.41, 5.74) is 3.40. The number of anilines is 2. The van der Waals surface area contributed by atoms with Crippen molar-refractivity contribution in [2.45, 2.75) is 24.2 Å². The highest BCUT2D eigenvalue weighted by molar-refractivity contribution is 7.89. The van der Waals surface area contributed by atoms with Crippen molar-refractivity contribution in [2.24, 2.45) is 5.92 Å². The first-order chi connectivity index (χ1) is 15.0. The molecule has 0 atom stereocenters. The van der Waals surface area contributed by atoms with E-state index in [1.807, 2.05) is 17.0 Å². The molecule has 31 heavy (non-hydrogen) atoms. The highest BCUT2D eigenvalue weighted by atomic mass is 32.2. The van der Waals surface area contributed by atoms with Crippen LogP contribution in [0.3, 0.4) is 0 Å². The molecule has 0 aromatic heterocycles. The molecular formula is C23H24N4O3S. The van der Waals surface area contributed by atoms with Crippen LogP contribution >= 0.6 is 0 Å². The number of nitrogens with zero attached hydrogens (tertiary/aromatic N) is 4. The molecule has 1 saturated heterocycles. The summed E-state index contributed by atoms with van der Waals surface area (Å²) in [7, 11) is -3.58.